The molecule has 0 unspecified atom stereocenters. The molecular formula is C48H56Cl2O8Si2Zr2-2. The molecule has 8 aromatic rings. The minimum atomic E-state index is 0. The van der Waals surface area contributed by atoms with Crippen molar-refractivity contribution in [2.75, 3.05) is 56.9 Å². The Kier molecular flexibility index (Phi) is 27.2. The first-order chi connectivity index (χ1) is 28.9. The van der Waals surface area contributed by atoms with Gasteiger partial charge >= 0.3 is 83.7 Å². The van der Waals surface area contributed by atoms with E-state index in [9.17, 15) is 0 Å². The van der Waals surface area contributed by atoms with Crippen LogP contribution in [0.1, 0.15) is 0 Å². The summed E-state index contributed by atoms with van der Waals surface area (Å²) < 4.78 is 41.8. The first-order valence-electron chi connectivity index (χ1n) is 19.0. The van der Waals surface area contributed by atoms with Crippen molar-refractivity contribution in [1.29, 1.82) is 0 Å². The van der Waals surface area contributed by atoms with Crippen LogP contribution in [0.15, 0.2) is 121 Å². The van der Waals surface area contributed by atoms with Crippen LogP contribution in [-0.4, -0.2) is 67.7 Å². The van der Waals surface area contributed by atoms with Gasteiger partial charge in [-0.15, -0.1) is 45.8 Å². The number of halogens is 2. The molecule has 14 heteroatoms. The molecule has 0 aromatic heterocycles. The Morgan fingerprint density at radius 2 is 0.452 bits per heavy atom. The Bertz CT molecular complexity index is 2060. The molecule has 0 aliphatic carbocycles. The molecule has 0 atom stereocenters. The SMILES string of the molecule is COc1ccc(OC)c2[cH-]ccc12.COc1ccc(OC)c2[cH-]ccc12.COc1ccc(OC)c2[cH-]ccc12.COc1ccc(OC)c2[cH-]ccc12.C[Si](C)=[Zr+2].C[Si](C)=[Zr+2].[Cl-].[Cl-]. The van der Waals surface area contributed by atoms with E-state index in [1.807, 2.05) is 121 Å². The van der Waals surface area contributed by atoms with E-state index in [4.69, 9.17) is 37.9 Å². The molecule has 8 rings (SSSR count). The number of hydrogen-bond donors (Lipinski definition) is 0. The average Bonchev–Trinajstić information content (AvgIpc) is 4.10. The monoisotopic (exact) mass is 1070 g/mol. The predicted molar refractivity (Wildman–Crippen MR) is 246 cm³/mol. The zero-order chi connectivity index (χ0) is 44.2. The van der Waals surface area contributed by atoms with Gasteiger partial charge in [-0.05, 0) is 24.3 Å². The molecule has 0 spiro atoms. The predicted octanol–water partition coefficient (Wildman–Crippen LogP) is 5.88. The Hall–Kier alpha value is -3.50. The molecule has 0 aliphatic rings. The first kappa shape index (κ1) is 56.5. The van der Waals surface area contributed by atoms with Crippen molar-refractivity contribution >= 4 is 54.0 Å². The zero-order valence-corrected chi connectivity index (χ0v) is 46.0. The minimum Gasteiger partial charge on any atom is -1.00 e. The molecule has 0 aliphatic heterocycles. The molecule has 8 nitrogen and oxygen atoms in total. The largest absolute Gasteiger partial charge is 1.00 e. The van der Waals surface area contributed by atoms with Gasteiger partial charge in [-0.25, -0.2) is 0 Å². The molecule has 0 bridgehead atoms. The van der Waals surface area contributed by atoms with E-state index in [1.165, 1.54) is 0 Å². The fourth-order valence-electron chi connectivity index (χ4n) is 6.15. The summed E-state index contributed by atoms with van der Waals surface area (Å²) in [5, 5.41) is 8.79. The van der Waals surface area contributed by atoms with E-state index in [0.717, 1.165) is 89.1 Å². The van der Waals surface area contributed by atoms with Gasteiger partial charge in [-0.1, -0.05) is 45.8 Å². The number of rotatable bonds is 8. The summed E-state index contributed by atoms with van der Waals surface area (Å²) in [6, 6.07) is 39.5. The molecule has 0 saturated carbocycles. The second kappa shape index (κ2) is 29.8. The van der Waals surface area contributed by atoms with Crippen LogP contribution in [0.4, 0.5) is 0 Å². The number of hydrogen-bond acceptors (Lipinski definition) is 8. The van der Waals surface area contributed by atoms with Crippen LogP contribution in [0.2, 0.25) is 26.2 Å². The van der Waals surface area contributed by atoms with Crippen molar-refractivity contribution in [2.45, 2.75) is 26.2 Å². The number of ether oxygens (including phenoxy) is 8. The molecule has 0 saturated heterocycles. The maximum Gasteiger partial charge on any atom is -1.00 e. The van der Waals surface area contributed by atoms with Gasteiger partial charge in [-0.2, -0.15) is 48.5 Å². The summed E-state index contributed by atoms with van der Waals surface area (Å²) >= 11 is 3.48. The Balaban J connectivity index is 0.000000386. The Morgan fingerprint density at radius 3 is 0.597 bits per heavy atom. The molecule has 8 aromatic carbocycles. The van der Waals surface area contributed by atoms with Crippen LogP contribution in [0.25, 0.3) is 43.1 Å². The van der Waals surface area contributed by atoms with Crippen molar-refractivity contribution < 1.29 is 109 Å². The summed E-state index contributed by atoms with van der Waals surface area (Å²) in [5.74, 6) is 7.12. The smallest absolute Gasteiger partial charge is 1.00 e. The standard InChI is InChI=1S/4C11H11O2.2C2H6Si.2ClH.2Zr/c4*1-12-10-6-7-11(13-2)9-5-3-4-8(9)10;2*1-3-2;;;;/h4*3-7H,1-2H3;2*1-2H3;2*1H;;/q4*-1;;;;;2*+2/p-2. The van der Waals surface area contributed by atoms with Crippen LogP contribution in [0.3, 0.4) is 0 Å². The number of fused-ring (bicyclic) bond motifs is 4. The van der Waals surface area contributed by atoms with Crippen LogP contribution >= 0.6 is 0 Å². The Labute approximate surface area is 410 Å². The summed E-state index contributed by atoms with van der Waals surface area (Å²) in [7, 11) is 13.4. The molecular weight excluding hydrogens is 1010 g/mol. The van der Waals surface area contributed by atoms with E-state index in [0.29, 0.717) is 0 Å². The fraction of sp³-hybridized carbons (Fsp3) is 0.250. The summed E-state index contributed by atoms with van der Waals surface area (Å²) in [6.45, 7) is 9.23. The third-order valence-electron chi connectivity index (χ3n) is 8.69. The third kappa shape index (κ3) is 15.9. The molecule has 0 amide bonds. The van der Waals surface area contributed by atoms with E-state index in [2.05, 4.69) is 26.2 Å². The summed E-state index contributed by atoms with van der Waals surface area (Å²) in [6.07, 6.45) is 0. The normalized spacial score (nSPS) is 9.55. The van der Waals surface area contributed by atoms with Crippen molar-refractivity contribution in [2.24, 2.45) is 0 Å². The summed E-state index contributed by atoms with van der Waals surface area (Å²) in [5.41, 5.74) is 0.421. The molecule has 0 heterocycles. The number of benzene rings is 4. The quantitative estimate of drug-likeness (QED) is 0.138. The minimum absolute atomic E-state index is 0. The van der Waals surface area contributed by atoms with Crippen molar-refractivity contribution in [1.82, 2.24) is 0 Å². The van der Waals surface area contributed by atoms with Gasteiger partial charge in [0.1, 0.15) is 0 Å². The van der Waals surface area contributed by atoms with Crippen molar-refractivity contribution in [3.05, 3.63) is 121 Å². The molecule has 0 N–H and O–H groups in total. The molecule has 328 valence electrons. The first-order valence-corrected chi connectivity index (χ1v) is 31.4. The van der Waals surface area contributed by atoms with Gasteiger partial charge in [-0.3, -0.25) is 0 Å². The van der Waals surface area contributed by atoms with Gasteiger partial charge in [0, 0.05) is 23.0 Å². The van der Waals surface area contributed by atoms with Crippen LogP contribution < -0.4 is 62.7 Å². The second-order valence-corrected chi connectivity index (χ2v) is 32.0. The van der Waals surface area contributed by atoms with Crippen molar-refractivity contribution in [3.8, 4) is 46.0 Å². The van der Waals surface area contributed by atoms with E-state index in [-0.39, 0.29) is 35.7 Å². The van der Waals surface area contributed by atoms with E-state index < -0.39 is 0 Å². The van der Waals surface area contributed by atoms with Crippen LogP contribution in [0.5, 0.6) is 46.0 Å². The number of methoxy groups -OCH3 is 8. The van der Waals surface area contributed by atoms with E-state index >= 15 is 0 Å². The van der Waals surface area contributed by atoms with Gasteiger partial charge < -0.3 is 62.7 Å². The topological polar surface area (TPSA) is 73.8 Å². The fourth-order valence-corrected chi connectivity index (χ4v) is 6.15. The zero-order valence-electron chi connectivity index (χ0n) is 37.6. The van der Waals surface area contributed by atoms with E-state index in [1.54, 1.807) is 104 Å². The van der Waals surface area contributed by atoms with Crippen LogP contribution in [-0.2, 0) is 46.7 Å². The van der Waals surface area contributed by atoms with Gasteiger partial charge in [0.2, 0.25) is 0 Å². The summed E-state index contributed by atoms with van der Waals surface area (Å²) in [4.78, 5) is 0. The van der Waals surface area contributed by atoms with Gasteiger partial charge in [0.25, 0.3) is 0 Å². The molecule has 0 fully saturated rings. The second-order valence-electron chi connectivity index (χ2n) is 13.3. The Morgan fingerprint density at radius 1 is 0.306 bits per heavy atom. The average molecular weight is 1070 g/mol. The maximum absolute atomic E-state index is 5.23. The third-order valence-corrected chi connectivity index (χ3v) is 8.69. The van der Waals surface area contributed by atoms with Gasteiger partial charge in [0.15, 0.2) is 0 Å². The van der Waals surface area contributed by atoms with Crippen LogP contribution in [0, 0.1) is 0 Å². The maximum atomic E-state index is 5.23. The van der Waals surface area contributed by atoms with Crippen molar-refractivity contribution in [3.63, 3.8) is 0 Å². The molecule has 62 heavy (non-hydrogen) atoms. The van der Waals surface area contributed by atoms with Gasteiger partial charge in [0.05, 0.1) is 79.9 Å². The molecule has 0 radical (unpaired) electrons.